The third-order valence-corrected chi connectivity index (χ3v) is 6.87. The number of ether oxygens (including phenoxy) is 4. The maximum absolute atomic E-state index is 12.9. The lowest BCUT2D eigenvalue weighted by Crippen LogP contribution is -2.33. The van der Waals surface area contributed by atoms with Crippen LogP contribution in [-0.4, -0.2) is 93.3 Å². The van der Waals surface area contributed by atoms with Gasteiger partial charge in [0.2, 0.25) is 0 Å². The average molecular weight is 388 g/mol. The summed E-state index contributed by atoms with van der Waals surface area (Å²) in [5, 5.41) is 0. The highest BCUT2D eigenvalue weighted by molar-refractivity contribution is 7.53. The van der Waals surface area contributed by atoms with Gasteiger partial charge in [0.1, 0.15) is 27.2 Å². The van der Waals surface area contributed by atoms with Crippen molar-refractivity contribution in [3.63, 3.8) is 0 Å². The molecule has 0 saturated carbocycles. The summed E-state index contributed by atoms with van der Waals surface area (Å²) >= 11 is 0. The van der Waals surface area contributed by atoms with Crippen LogP contribution in [0.1, 0.15) is 13.8 Å². The summed E-state index contributed by atoms with van der Waals surface area (Å²) in [5.74, 6) is 0.372. The van der Waals surface area contributed by atoms with E-state index in [0.29, 0.717) is 6.61 Å². The topological polar surface area (TPSA) is 72.5 Å². The van der Waals surface area contributed by atoms with Crippen LogP contribution in [0.2, 0.25) is 0 Å². The van der Waals surface area contributed by atoms with Crippen LogP contribution < -0.4 is 0 Å². The summed E-state index contributed by atoms with van der Waals surface area (Å²) in [5.41, 5.74) is 0. The van der Waals surface area contributed by atoms with Crippen LogP contribution in [0.15, 0.2) is 0 Å². The molecule has 7 nitrogen and oxygen atoms in total. The normalized spacial score (nSPS) is 42.7. The van der Waals surface area contributed by atoms with E-state index in [4.69, 9.17) is 28.0 Å². The molecule has 0 aliphatic carbocycles. The van der Waals surface area contributed by atoms with Crippen molar-refractivity contribution in [3.05, 3.63) is 0 Å². The highest BCUT2D eigenvalue weighted by Crippen LogP contribution is 2.49. The van der Waals surface area contributed by atoms with E-state index in [-0.39, 0.29) is 54.9 Å². The van der Waals surface area contributed by atoms with Gasteiger partial charge in [-0.3, -0.25) is 4.57 Å². The Kier molecular flexibility index (Phi) is 8.29. The van der Waals surface area contributed by atoms with E-state index >= 15 is 0 Å². The molecule has 0 N–H and O–H groups in total. The Balaban J connectivity index is 1.95. The molecule has 3 unspecified atom stereocenters. The molecule has 0 spiro atoms. The highest BCUT2D eigenvalue weighted by atomic mass is 31.2. The van der Waals surface area contributed by atoms with E-state index in [2.05, 4.69) is 14.7 Å². The molecule has 2 aliphatic heterocycles. The van der Waals surface area contributed by atoms with E-state index in [1.807, 2.05) is 14.8 Å². The van der Waals surface area contributed by atoms with E-state index < -0.39 is 7.60 Å². The molecule has 0 radical (unpaired) electrons. The van der Waals surface area contributed by atoms with Crippen molar-refractivity contribution >= 4 is 30.3 Å². The zero-order valence-corrected chi connectivity index (χ0v) is 17.9. The molecule has 26 heavy (non-hydrogen) atoms. The van der Waals surface area contributed by atoms with Gasteiger partial charge in [0.05, 0.1) is 33.2 Å². The van der Waals surface area contributed by atoms with Gasteiger partial charge in [-0.2, -0.15) is 0 Å². The second-order valence-corrected chi connectivity index (χ2v) is 9.52. The molecule has 2 heterocycles. The lowest BCUT2D eigenvalue weighted by Gasteiger charge is -2.26. The number of hydrogen-bond acceptors (Lipinski definition) is 7. The van der Waals surface area contributed by atoms with Gasteiger partial charge < -0.3 is 28.0 Å². The molecular formula is C15H32B3O7P. The molecule has 0 aromatic rings. The zero-order chi connectivity index (χ0) is 19.5. The summed E-state index contributed by atoms with van der Waals surface area (Å²) in [4.78, 5) is 0. The van der Waals surface area contributed by atoms with E-state index in [1.165, 1.54) is 6.66 Å². The Morgan fingerprint density at radius 3 is 2.31 bits per heavy atom. The van der Waals surface area contributed by atoms with Gasteiger partial charge in [-0.15, -0.1) is 0 Å². The van der Waals surface area contributed by atoms with Gasteiger partial charge in [-0.1, -0.05) is 13.8 Å². The minimum atomic E-state index is -3.28. The van der Waals surface area contributed by atoms with E-state index in [9.17, 15) is 4.57 Å². The Morgan fingerprint density at radius 2 is 1.73 bits per heavy atom. The minimum Gasteiger partial charge on any atom is -0.382 e. The van der Waals surface area contributed by atoms with Gasteiger partial charge in [-0.25, -0.2) is 0 Å². The first-order valence-corrected chi connectivity index (χ1v) is 11.5. The van der Waals surface area contributed by atoms with E-state index in [1.54, 1.807) is 14.2 Å². The van der Waals surface area contributed by atoms with Gasteiger partial charge in [-0.05, 0) is 0 Å². The summed E-state index contributed by atoms with van der Waals surface area (Å²) in [6, 6.07) is 0.142. The molecule has 2 fully saturated rings. The lowest BCUT2D eigenvalue weighted by molar-refractivity contribution is -0.0306. The van der Waals surface area contributed by atoms with Crippen LogP contribution in [-0.2, 0) is 32.6 Å². The third-order valence-electron chi connectivity index (χ3n) is 5.63. The molecule has 2 aliphatic rings. The predicted molar refractivity (Wildman–Crippen MR) is 107 cm³/mol. The van der Waals surface area contributed by atoms with Gasteiger partial charge in [0, 0.05) is 44.7 Å². The molecule has 0 aromatic heterocycles. The first kappa shape index (κ1) is 22.5. The molecule has 148 valence electrons. The molecule has 0 bridgehead atoms. The lowest BCUT2D eigenvalue weighted by atomic mass is 9.49. The summed E-state index contributed by atoms with van der Waals surface area (Å²) < 4.78 is 47.1. The number of hydrogen-bond donors (Lipinski definition) is 0. The smallest absolute Gasteiger partial charge is 0.328 e. The van der Waals surface area contributed by atoms with Crippen molar-refractivity contribution < 1.29 is 32.6 Å². The summed E-state index contributed by atoms with van der Waals surface area (Å²) in [7, 11) is 4.99. The fourth-order valence-corrected chi connectivity index (χ4v) is 5.20. The summed E-state index contributed by atoms with van der Waals surface area (Å²) in [6.07, 6.45) is -0.899. The zero-order valence-electron chi connectivity index (χ0n) is 17.0. The Bertz CT molecular complexity index is 500. The van der Waals surface area contributed by atoms with Crippen molar-refractivity contribution in [1.29, 1.82) is 0 Å². The quantitative estimate of drug-likeness (QED) is 0.379. The fraction of sp³-hybridized carbons (Fsp3) is 1.00. The first-order chi connectivity index (χ1) is 12.2. The van der Waals surface area contributed by atoms with Crippen LogP contribution >= 0.6 is 7.60 Å². The third kappa shape index (κ3) is 5.16. The number of methoxy groups -OCH3 is 2. The first-order valence-electron chi connectivity index (χ1n) is 9.47. The SMILES string of the molecule is BB[C@@H]1O[C@H](COP(C)(=O)OC2[C@@H](COC)O[C@@H](B)[C@H]2C)C(OC)[C@@H]1C. The molecule has 2 saturated heterocycles. The van der Waals surface area contributed by atoms with Crippen LogP contribution in [0.5, 0.6) is 0 Å². The molecule has 2 rings (SSSR count). The highest BCUT2D eigenvalue weighted by Gasteiger charge is 2.45. The molecule has 11 heteroatoms. The van der Waals surface area contributed by atoms with Gasteiger partial charge in [0.25, 0.3) is 0 Å². The van der Waals surface area contributed by atoms with E-state index in [0.717, 1.165) is 7.17 Å². The van der Waals surface area contributed by atoms with Crippen LogP contribution in [0.4, 0.5) is 0 Å². The second kappa shape index (κ2) is 9.59. The maximum atomic E-state index is 12.9. The van der Waals surface area contributed by atoms with Crippen molar-refractivity contribution in [2.45, 2.75) is 50.3 Å². The van der Waals surface area contributed by atoms with Crippen molar-refractivity contribution in [3.8, 4) is 0 Å². The molecule has 0 aromatic carbocycles. The summed E-state index contributed by atoms with van der Waals surface area (Å²) in [6.45, 7) is 6.22. The van der Waals surface area contributed by atoms with Crippen molar-refractivity contribution in [2.75, 3.05) is 34.1 Å². The Labute approximate surface area is 159 Å². The fourth-order valence-electron chi connectivity index (χ4n) is 3.95. The number of rotatable bonds is 9. The Hall–Kier alpha value is 0.185. The van der Waals surface area contributed by atoms with Crippen LogP contribution in [0.25, 0.3) is 0 Å². The Morgan fingerprint density at radius 1 is 1.08 bits per heavy atom. The molecule has 9 atom stereocenters. The maximum Gasteiger partial charge on any atom is 0.328 e. The van der Waals surface area contributed by atoms with Gasteiger partial charge in [0.15, 0.2) is 0 Å². The minimum absolute atomic E-state index is 0.0161. The van der Waals surface area contributed by atoms with Gasteiger partial charge >= 0.3 is 7.60 Å². The van der Waals surface area contributed by atoms with Crippen molar-refractivity contribution in [1.82, 2.24) is 0 Å². The standard InChI is InChI=1S/C15H32B3O7P/c1-8-13(10(6-20-3)23-14(8)16)25-26(5,19)22-7-11-12(21-4)9(2)15(18-17)24-11/h8-15,18H,6-7,16-17H2,1-5H3/t8-,9-,10+,11+,12?,13?,14+,15+,26?/m0/s1. The largest absolute Gasteiger partial charge is 0.382 e. The monoisotopic (exact) mass is 388 g/mol. The van der Waals surface area contributed by atoms with Crippen LogP contribution in [0.3, 0.4) is 0 Å². The van der Waals surface area contributed by atoms with Crippen molar-refractivity contribution in [2.24, 2.45) is 11.8 Å². The molecule has 0 amide bonds. The average Bonchev–Trinajstić information content (AvgIpc) is 3.04. The predicted octanol–water partition coefficient (Wildman–Crippen LogP) is -0.788. The second-order valence-electron chi connectivity index (χ2n) is 7.51. The van der Waals surface area contributed by atoms with Crippen LogP contribution in [0, 0.1) is 11.8 Å². The molecular weight excluding hydrogens is 356 g/mol.